The van der Waals surface area contributed by atoms with Gasteiger partial charge in [0, 0.05) is 44.0 Å². The van der Waals surface area contributed by atoms with Crippen molar-refractivity contribution in [2.45, 2.75) is 26.2 Å². The van der Waals surface area contributed by atoms with Crippen LogP contribution in [0, 0.1) is 5.92 Å². The van der Waals surface area contributed by atoms with Crippen LogP contribution in [0.5, 0.6) is 5.75 Å². The van der Waals surface area contributed by atoms with Gasteiger partial charge >= 0.3 is 0 Å². The van der Waals surface area contributed by atoms with Crippen molar-refractivity contribution in [2.24, 2.45) is 5.92 Å². The average molecular weight is 703 g/mol. The largest absolute Gasteiger partial charge is 0.494 e. The van der Waals surface area contributed by atoms with Crippen molar-refractivity contribution >= 4 is 43.6 Å². The second-order valence-electron chi connectivity index (χ2n) is 14.0. The number of ether oxygens (including phenoxy) is 1. The van der Waals surface area contributed by atoms with E-state index < -0.39 is 0 Å². The molecule has 3 heterocycles. The SMILES string of the molecule is CCC1=CCC(CCOc2cccc(-c3nnc(-c4cc(-n5c6ccccc6c6ccccc65)cc(-n5c6ccccc6c6ccccc65)c4)o3)c2)C=C1. The van der Waals surface area contributed by atoms with E-state index >= 15 is 0 Å². The molecular formula is C48H38N4O2. The standard InChI is InChI=1S/C48H38N4O2/c1-2-32-22-24-33(25-23-32)26-27-53-38-13-11-12-34(30-38)47-49-50-48(54-47)35-28-36(51-43-18-7-3-14-39(43)40-15-4-8-19-44(40)51)31-37(29-35)52-45-20-9-5-16-41(45)42-17-6-10-21-46(42)52/h3-24,28-31,33H,2,25-27H2,1H3. The van der Waals surface area contributed by atoms with Crippen LogP contribution in [0.1, 0.15) is 26.2 Å². The van der Waals surface area contributed by atoms with Gasteiger partial charge in [-0.1, -0.05) is 110 Å². The molecule has 1 aliphatic rings. The van der Waals surface area contributed by atoms with Gasteiger partial charge in [-0.3, -0.25) is 0 Å². The Balaban J connectivity index is 1.06. The number of aromatic nitrogens is 4. The van der Waals surface area contributed by atoms with Gasteiger partial charge in [0.25, 0.3) is 0 Å². The second-order valence-corrected chi connectivity index (χ2v) is 14.0. The van der Waals surface area contributed by atoms with E-state index in [1.54, 1.807) is 0 Å². The molecule has 0 fully saturated rings. The predicted octanol–water partition coefficient (Wildman–Crippen LogP) is 12.3. The number of hydrogen-bond acceptors (Lipinski definition) is 4. The maximum atomic E-state index is 6.51. The molecule has 0 bridgehead atoms. The highest BCUT2D eigenvalue weighted by Gasteiger charge is 2.19. The third kappa shape index (κ3) is 5.58. The van der Waals surface area contributed by atoms with Gasteiger partial charge in [-0.2, -0.15) is 0 Å². The average Bonchev–Trinajstić information content (AvgIpc) is 3.95. The smallest absolute Gasteiger partial charge is 0.248 e. The van der Waals surface area contributed by atoms with E-state index in [2.05, 4.69) is 160 Å². The minimum atomic E-state index is 0.448. The molecule has 6 heteroatoms. The van der Waals surface area contributed by atoms with E-state index in [0.29, 0.717) is 24.3 Å². The van der Waals surface area contributed by atoms with Crippen molar-refractivity contribution in [3.63, 3.8) is 0 Å². The van der Waals surface area contributed by atoms with E-state index in [0.717, 1.165) is 69.6 Å². The first-order valence-electron chi connectivity index (χ1n) is 18.8. The van der Waals surface area contributed by atoms with Crippen LogP contribution in [0.25, 0.3) is 77.9 Å². The maximum absolute atomic E-state index is 6.51. The van der Waals surface area contributed by atoms with Gasteiger partial charge in [0.15, 0.2) is 0 Å². The third-order valence-corrected chi connectivity index (χ3v) is 10.8. The molecule has 6 nitrogen and oxygen atoms in total. The molecule has 0 aliphatic heterocycles. The van der Waals surface area contributed by atoms with Gasteiger partial charge in [-0.15, -0.1) is 10.2 Å². The molecule has 0 saturated heterocycles. The molecule has 0 saturated carbocycles. The Morgan fingerprint density at radius 2 is 1.15 bits per heavy atom. The van der Waals surface area contributed by atoms with Crippen LogP contribution >= 0.6 is 0 Å². The van der Waals surface area contributed by atoms with Gasteiger partial charge in [0.1, 0.15) is 5.75 Å². The highest BCUT2D eigenvalue weighted by molar-refractivity contribution is 6.10. The second kappa shape index (κ2) is 13.4. The maximum Gasteiger partial charge on any atom is 0.248 e. The Kier molecular flexibility index (Phi) is 7.94. The molecule has 1 atom stereocenters. The molecule has 10 rings (SSSR count). The molecule has 0 radical (unpaired) electrons. The lowest BCUT2D eigenvalue weighted by Gasteiger charge is -2.16. The fourth-order valence-corrected chi connectivity index (χ4v) is 8.07. The van der Waals surface area contributed by atoms with Crippen LogP contribution in [0.2, 0.25) is 0 Å². The van der Waals surface area contributed by atoms with Crippen LogP contribution < -0.4 is 4.74 Å². The summed E-state index contributed by atoms with van der Waals surface area (Å²) in [6.45, 7) is 2.84. The van der Waals surface area contributed by atoms with Crippen molar-refractivity contribution in [2.75, 3.05) is 6.61 Å². The van der Waals surface area contributed by atoms with Gasteiger partial charge in [0.05, 0.1) is 28.7 Å². The third-order valence-electron chi connectivity index (χ3n) is 10.8. The van der Waals surface area contributed by atoms with E-state index in [1.807, 2.05) is 24.3 Å². The Morgan fingerprint density at radius 3 is 1.67 bits per heavy atom. The molecule has 3 aromatic heterocycles. The Bertz CT molecular complexity index is 2670. The summed E-state index contributed by atoms with van der Waals surface area (Å²) in [7, 11) is 0. The van der Waals surface area contributed by atoms with Gasteiger partial charge < -0.3 is 18.3 Å². The van der Waals surface area contributed by atoms with Gasteiger partial charge in [0.2, 0.25) is 11.8 Å². The molecule has 0 amide bonds. The Labute approximate surface area is 313 Å². The number of para-hydroxylation sites is 4. The summed E-state index contributed by atoms with van der Waals surface area (Å²) in [5, 5.41) is 14.0. The zero-order valence-corrected chi connectivity index (χ0v) is 30.0. The van der Waals surface area contributed by atoms with Crippen molar-refractivity contribution in [1.29, 1.82) is 0 Å². The molecule has 262 valence electrons. The highest BCUT2D eigenvalue weighted by Crippen LogP contribution is 2.38. The predicted molar refractivity (Wildman–Crippen MR) is 220 cm³/mol. The molecule has 1 unspecified atom stereocenters. The summed E-state index contributed by atoms with van der Waals surface area (Å²) in [5.74, 6) is 2.19. The summed E-state index contributed by atoms with van der Waals surface area (Å²) in [5.41, 5.74) is 9.61. The zero-order valence-electron chi connectivity index (χ0n) is 30.0. The highest BCUT2D eigenvalue weighted by atomic mass is 16.5. The molecule has 1 aliphatic carbocycles. The van der Waals surface area contributed by atoms with E-state index in [4.69, 9.17) is 9.15 Å². The monoisotopic (exact) mass is 702 g/mol. The normalized spacial score (nSPS) is 14.4. The summed E-state index contributed by atoms with van der Waals surface area (Å²) in [4.78, 5) is 0. The number of nitrogens with zero attached hydrogens (tertiary/aromatic N) is 4. The van der Waals surface area contributed by atoms with Crippen molar-refractivity contribution in [1.82, 2.24) is 19.3 Å². The summed E-state index contributed by atoms with van der Waals surface area (Å²) in [6.07, 6.45) is 10.1. The zero-order chi connectivity index (χ0) is 36.0. The molecule has 0 N–H and O–H groups in total. The number of fused-ring (bicyclic) bond motifs is 6. The molecular weight excluding hydrogens is 665 g/mol. The Morgan fingerprint density at radius 1 is 0.611 bits per heavy atom. The van der Waals surface area contributed by atoms with Gasteiger partial charge in [-0.25, -0.2) is 0 Å². The van der Waals surface area contributed by atoms with Gasteiger partial charge in [-0.05, 0) is 85.8 Å². The van der Waals surface area contributed by atoms with Crippen LogP contribution in [-0.4, -0.2) is 25.9 Å². The number of benzene rings is 6. The quantitative estimate of drug-likeness (QED) is 0.150. The van der Waals surface area contributed by atoms with E-state index in [-0.39, 0.29) is 0 Å². The summed E-state index contributed by atoms with van der Waals surface area (Å²) < 4.78 is 17.4. The lowest BCUT2D eigenvalue weighted by molar-refractivity contribution is 0.291. The lowest BCUT2D eigenvalue weighted by atomic mass is 9.93. The number of rotatable bonds is 9. The first kappa shape index (κ1) is 32.0. The van der Waals surface area contributed by atoms with E-state index in [9.17, 15) is 0 Å². The first-order valence-corrected chi connectivity index (χ1v) is 18.8. The minimum absolute atomic E-state index is 0.448. The minimum Gasteiger partial charge on any atom is -0.494 e. The van der Waals surface area contributed by atoms with Crippen LogP contribution in [0.4, 0.5) is 0 Å². The van der Waals surface area contributed by atoms with Crippen molar-refractivity contribution in [3.8, 4) is 40.0 Å². The van der Waals surface area contributed by atoms with Crippen LogP contribution in [0.3, 0.4) is 0 Å². The molecule has 0 spiro atoms. The fraction of sp³-hybridized carbons (Fsp3) is 0.125. The topological polar surface area (TPSA) is 58.0 Å². The van der Waals surface area contributed by atoms with Crippen LogP contribution in [0.15, 0.2) is 168 Å². The molecule has 6 aromatic carbocycles. The number of hydrogen-bond donors (Lipinski definition) is 0. The van der Waals surface area contributed by atoms with Crippen molar-refractivity contribution < 1.29 is 9.15 Å². The fourth-order valence-electron chi connectivity index (χ4n) is 8.07. The number of allylic oxidation sites excluding steroid dienone is 4. The van der Waals surface area contributed by atoms with Crippen LogP contribution in [-0.2, 0) is 0 Å². The lowest BCUT2D eigenvalue weighted by Crippen LogP contribution is -2.06. The Hall–Kier alpha value is -6.66. The first-order chi connectivity index (χ1) is 26.7. The summed E-state index contributed by atoms with van der Waals surface area (Å²) >= 11 is 0. The molecule has 9 aromatic rings. The summed E-state index contributed by atoms with van der Waals surface area (Å²) in [6, 6.07) is 48.9. The molecule has 54 heavy (non-hydrogen) atoms. The van der Waals surface area contributed by atoms with E-state index in [1.165, 1.54) is 27.1 Å². The van der Waals surface area contributed by atoms with Crippen molar-refractivity contribution in [3.05, 3.63) is 163 Å².